The fourth-order valence-electron chi connectivity index (χ4n) is 3.79. The summed E-state index contributed by atoms with van der Waals surface area (Å²) in [6.45, 7) is 3.80. The maximum Gasteiger partial charge on any atom is 0.227 e. The van der Waals surface area contributed by atoms with Crippen LogP contribution in [-0.2, 0) is 29.4 Å². The predicted octanol–water partition coefficient (Wildman–Crippen LogP) is -0.132. The Kier molecular flexibility index (Phi) is 6.87. The number of sulfonamides is 1. The molecule has 2 aromatic rings. The summed E-state index contributed by atoms with van der Waals surface area (Å²) in [5, 5.41) is 16.6. The smallest absolute Gasteiger partial charge is 0.227 e. The molecule has 0 spiro atoms. The Bertz CT molecular complexity index is 980. The molecule has 1 unspecified atom stereocenters. The molecule has 2 aliphatic rings. The van der Waals surface area contributed by atoms with Gasteiger partial charge in [-0.05, 0) is 25.0 Å². The molecular weight excluding hydrogens is 416 g/mol. The van der Waals surface area contributed by atoms with Gasteiger partial charge >= 0.3 is 0 Å². The fraction of sp³-hybridized carbons (Fsp3) is 0.524. The minimum absolute atomic E-state index is 0.0894. The van der Waals surface area contributed by atoms with Crippen LogP contribution in [0.2, 0.25) is 0 Å². The highest BCUT2D eigenvalue weighted by Crippen LogP contribution is 2.28. The third-order valence-corrected chi connectivity index (χ3v) is 6.82. The molecule has 0 bridgehead atoms. The van der Waals surface area contributed by atoms with Crippen molar-refractivity contribution in [3.05, 3.63) is 47.2 Å². The summed E-state index contributed by atoms with van der Waals surface area (Å²) >= 11 is 0. The Morgan fingerprint density at radius 3 is 2.90 bits per heavy atom. The van der Waals surface area contributed by atoms with Gasteiger partial charge in [-0.1, -0.05) is 18.2 Å². The van der Waals surface area contributed by atoms with E-state index in [0.29, 0.717) is 31.0 Å². The van der Waals surface area contributed by atoms with Crippen LogP contribution < -0.4 is 20.3 Å². The van der Waals surface area contributed by atoms with Crippen LogP contribution >= 0.6 is 0 Å². The summed E-state index contributed by atoms with van der Waals surface area (Å²) in [5.74, 6) is 1.20. The molecule has 0 amide bonds. The minimum atomic E-state index is -3.47. The molecule has 9 nitrogen and oxygen atoms in total. The summed E-state index contributed by atoms with van der Waals surface area (Å²) in [6, 6.07) is 11.0. The number of aromatic nitrogens is 2. The maximum atomic E-state index is 12.4. The van der Waals surface area contributed by atoms with Gasteiger partial charge in [-0.15, -0.1) is 0 Å². The average molecular weight is 445 g/mol. The molecule has 4 N–H and O–H groups in total. The summed E-state index contributed by atoms with van der Waals surface area (Å²) in [4.78, 5) is 11.6. The van der Waals surface area contributed by atoms with E-state index in [9.17, 15) is 13.5 Å². The molecule has 2 heterocycles. The molecule has 1 aromatic heterocycles. The first kappa shape index (κ1) is 21.8. The van der Waals surface area contributed by atoms with Crippen molar-refractivity contribution in [3.8, 4) is 0 Å². The minimum Gasteiger partial charge on any atom is -0.393 e. The highest BCUT2D eigenvalue weighted by atomic mass is 32.2. The van der Waals surface area contributed by atoms with Crippen LogP contribution in [-0.4, -0.2) is 68.1 Å². The van der Waals surface area contributed by atoms with E-state index in [1.165, 1.54) is 0 Å². The van der Waals surface area contributed by atoms with Gasteiger partial charge in [0.15, 0.2) is 0 Å². The number of nitrogens with one attached hydrogen (secondary N) is 3. The van der Waals surface area contributed by atoms with E-state index in [-0.39, 0.29) is 18.8 Å². The van der Waals surface area contributed by atoms with Gasteiger partial charge in [0, 0.05) is 56.8 Å². The van der Waals surface area contributed by atoms with Gasteiger partial charge in [0.1, 0.15) is 5.82 Å². The second-order valence-electron chi connectivity index (χ2n) is 7.82. The summed E-state index contributed by atoms with van der Waals surface area (Å²) < 4.78 is 27.4. The number of fused-ring (bicyclic) bond motifs is 1. The maximum absolute atomic E-state index is 12.4. The topological polar surface area (TPSA) is 119 Å². The first-order chi connectivity index (χ1) is 15.0. The Labute approximate surface area is 183 Å². The molecule has 1 fully saturated rings. The standard InChI is InChI=1S/C21H28N6O3S/c28-17-6-7-19-18(14-17)20(26-21(25-19)27-11-8-22-9-12-27)23-10-13-31(29,30)24-15-16-4-2-1-3-5-16/h1-2,4,17,22,24,28H,6-15H2,(H,23,25,26). The lowest BCUT2D eigenvalue weighted by Gasteiger charge is -2.30. The largest absolute Gasteiger partial charge is 0.393 e. The monoisotopic (exact) mass is 444 g/mol. The van der Waals surface area contributed by atoms with Crippen LogP contribution in [0.5, 0.6) is 0 Å². The lowest BCUT2D eigenvalue weighted by Crippen LogP contribution is -2.44. The van der Waals surface area contributed by atoms with Gasteiger partial charge in [0.2, 0.25) is 16.0 Å². The molecule has 0 radical (unpaired) electrons. The number of aliphatic hydroxyl groups excluding tert-OH is 1. The van der Waals surface area contributed by atoms with E-state index < -0.39 is 16.1 Å². The van der Waals surface area contributed by atoms with Crippen molar-refractivity contribution >= 4 is 21.8 Å². The number of piperazine rings is 1. The van der Waals surface area contributed by atoms with Crippen molar-refractivity contribution in [1.29, 1.82) is 0 Å². The van der Waals surface area contributed by atoms with Gasteiger partial charge in [0.05, 0.1) is 17.6 Å². The summed E-state index contributed by atoms with van der Waals surface area (Å²) in [7, 11) is -3.47. The van der Waals surface area contributed by atoms with Crippen molar-refractivity contribution in [1.82, 2.24) is 20.0 Å². The van der Waals surface area contributed by atoms with Crippen molar-refractivity contribution in [2.24, 2.45) is 0 Å². The third-order valence-electron chi connectivity index (χ3n) is 5.49. The van der Waals surface area contributed by atoms with Gasteiger partial charge in [0.25, 0.3) is 0 Å². The summed E-state index contributed by atoms with van der Waals surface area (Å²) in [5.41, 5.74) is 2.56. The van der Waals surface area contributed by atoms with E-state index in [1.54, 1.807) is 18.2 Å². The molecule has 31 heavy (non-hydrogen) atoms. The average Bonchev–Trinajstić information content (AvgIpc) is 2.79. The van der Waals surface area contributed by atoms with Crippen LogP contribution in [0, 0.1) is 12.1 Å². The lowest BCUT2D eigenvalue weighted by atomic mass is 9.94. The Morgan fingerprint density at radius 1 is 1.29 bits per heavy atom. The first-order valence-electron chi connectivity index (χ1n) is 10.6. The number of hydrogen-bond donors (Lipinski definition) is 4. The Balaban J connectivity index is 1.42. The third kappa shape index (κ3) is 5.83. The molecule has 1 saturated heterocycles. The van der Waals surface area contributed by atoms with E-state index in [2.05, 4.69) is 32.4 Å². The van der Waals surface area contributed by atoms with Gasteiger partial charge in [-0.25, -0.2) is 18.1 Å². The number of aryl methyl sites for hydroxylation is 1. The number of anilines is 2. The molecule has 0 saturated carbocycles. The molecule has 166 valence electrons. The molecule has 4 rings (SSSR count). The molecule has 1 atom stereocenters. The molecule has 1 aromatic carbocycles. The normalized spacial score (nSPS) is 18.9. The van der Waals surface area contributed by atoms with Crippen molar-refractivity contribution in [2.45, 2.75) is 31.9 Å². The number of aliphatic hydroxyl groups is 1. The molecule has 1 aliphatic heterocycles. The Morgan fingerprint density at radius 2 is 2.13 bits per heavy atom. The zero-order valence-electron chi connectivity index (χ0n) is 17.4. The van der Waals surface area contributed by atoms with E-state index in [1.807, 2.05) is 0 Å². The van der Waals surface area contributed by atoms with Crippen molar-refractivity contribution in [3.63, 3.8) is 0 Å². The lowest BCUT2D eigenvalue weighted by molar-refractivity contribution is 0.158. The van der Waals surface area contributed by atoms with Crippen LogP contribution in [0.4, 0.5) is 11.8 Å². The number of nitrogens with zero attached hydrogens (tertiary/aromatic N) is 3. The van der Waals surface area contributed by atoms with Crippen LogP contribution in [0.25, 0.3) is 0 Å². The predicted molar refractivity (Wildman–Crippen MR) is 118 cm³/mol. The van der Waals surface area contributed by atoms with Crippen molar-refractivity contribution < 1.29 is 13.5 Å². The molecule has 1 aliphatic carbocycles. The Hall–Kier alpha value is -2.45. The SMILES string of the molecule is O=S(=O)(CCNc1nc(N2CCNCC2)nc2c1CC(O)CC2)NCc1c#cccc1. The van der Waals surface area contributed by atoms with Crippen LogP contribution in [0.15, 0.2) is 18.2 Å². The van der Waals surface area contributed by atoms with E-state index >= 15 is 0 Å². The highest BCUT2D eigenvalue weighted by Gasteiger charge is 2.25. The molecule has 10 heteroatoms. The molecular formula is C21H28N6O3S. The number of rotatable bonds is 8. The zero-order valence-corrected chi connectivity index (χ0v) is 18.2. The second-order valence-corrected chi connectivity index (χ2v) is 9.74. The zero-order chi connectivity index (χ0) is 21.7. The van der Waals surface area contributed by atoms with Crippen LogP contribution in [0.3, 0.4) is 0 Å². The summed E-state index contributed by atoms with van der Waals surface area (Å²) in [6.07, 6.45) is 1.42. The quantitative estimate of drug-likeness (QED) is 0.445. The number of hydrogen-bond acceptors (Lipinski definition) is 8. The van der Waals surface area contributed by atoms with Gasteiger partial charge in [-0.2, -0.15) is 4.98 Å². The highest BCUT2D eigenvalue weighted by molar-refractivity contribution is 7.89. The van der Waals surface area contributed by atoms with Crippen LogP contribution in [0.1, 0.15) is 23.2 Å². The van der Waals surface area contributed by atoms with E-state index in [4.69, 9.17) is 9.97 Å². The second kappa shape index (κ2) is 9.78. The fourth-order valence-corrected chi connectivity index (χ4v) is 4.68. The van der Waals surface area contributed by atoms with E-state index in [0.717, 1.165) is 43.0 Å². The van der Waals surface area contributed by atoms with Gasteiger partial charge < -0.3 is 20.6 Å². The first-order valence-corrected chi connectivity index (χ1v) is 12.3. The van der Waals surface area contributed by atoms with Crippen molar-refractivity contribution in [2.75, 3.05) is 48.7 Å². The van der Waals surface area contributed by atoms with Gasteiger partial charge in [-0.3, -0.25) is 0 Å².